The van der Waals surface area contributed by atoms with E-state index < -0.39 is 5.31 Å². The fraction of sp³-hybridized carbons (Fsp3) is 0.0303. The van der Waals surface area contributed by atoms with Gasteiger partial charge >= 0.3 is 216 Å². The van der Waals surface area contributed by atoms with Gasteiger partial charge in [-0.05, 0) is 0 Å². The summed E-state index contributed by atoms with van der Waals surface area (Å²) in [5.41, 5.74) is 1.36. The fourth-order valence-corrected chi connectivity index (χ4v) is 13.1. The van der Waals surface area contributed by atoms with E-state index in [1.807, 2.05) is 0 Å². The zero-order valence-electron chi connectivity index (χ0n) is 19.4. The molecule has 0 N–H and O–H groups in total. The molecule has 6 aromatic carbocycles. The molecule has 0 radical (unpaired) electrons. The molecule has 6 aromatic rings. The predicted molar refractivity (Wildman–Crippen MR) is 159 cm³/mol. The minimum atomic E-state index is -3.06. The van der Waals surface area contributed by atoms with Crippen LogP contribution in [0, 0.1) is 0 Å². The Bertz CT molecular complexity index is 1530. The first-order valence-corrected chi connectivity index (χ1v) is 16.4. The molecule has 0 amide bonds. The average Bonchev–Trinajstić information content (AvgIpc) is 2.94. The second kappa shape index (κ2) is 8.76. The fourth-order valence-electron chi connectivity index (χ4n) is 5.43. The average molecular weight is 533 g/mol. The van der Waals surface area contributed by atoms with Crippen LogP contribution in [0.5, 0.6) is 0 Å². The van der Waals surface area contributed by atoms with Crippen molar-refractivity contribution >= 4 is 58.3 Å². The van der Waals surface area contributed by atoms with E-state index in [1.165, 1.54) is 43.0 Å². The molecule has 0 atom stereocenters. The molecule has 0 spiro atoms. The van der Waals surface area contributed by atoms with Gasteiger partial charge in [0.15, 0.2) is 0 Å². The van der Waals surface area contributed by atoms with Crippen molar-refractivity contribution in [3.8, 4) is 0 Å². The molecule has 0 unspecified atom stereocenters. The van der Waals surface area contributed by atoms with Crippen LogP contribution in [0.2, 0.25) is 0 Å². The SMILES string of the molecule is BrP(Cc1cccc2cc3ccccc3cc12)(c1ccccc1)(c1ccccc1)c1ccccc1. The van der Waals surface area contributed by atoms with Gasteiger partial charge in [-0.15, -0.1) is 0 Å². The number of hydrogen-bond donors (Lipinski definition) is 0. The molecule has 0 bridgehead atoms. The first kappa shape index (κ1) is 22.2. The summed E-state index contributed by atoms with van der Waals surface area (Å²) in [6.45, 7) is 0. The van der Waals surface area contributed by atoms with E-state index in [0.29, 0.717) is 0 Å². The molecular weight excluding hydrogens is 507 g/mol. The molecule has 0 heterocycles. The Kier molecular flexibility index (Phi) is 5.56. The Hall–Kier alpha value is -3.25. The third kappa shape index (κ3) is 3.62. The van der Waals surface area contributed by atoms with Crippen molar-refractivity contribution in [3.63, 3.8) is 0 Å². The number of rotatable bonds is 5. The number of benzene rings is 6. The molecule has 35 heavy (non-hydrogen) atoms. The van der Waals surface area contributed by atoms with Gasteiger partial charge in [-0.2, -0.15) is 0 Å². The molecule has 0 fully saturated rings. The number of hydrogen-bond acceptors (Lipinski definition) is 0. The van der Waals surface area contributed by atoms with Gasteiger partial charge in [0.1, 0.15) is 0 Å². The van der Waals surface area contributed by atoms with E-state index in [9.17, 15) is 0 Å². The Labute approximate surface area is 214 Å². The van der Waals surface area contributed by atoms with Gasteiger partial charge in [-0.25, -0.2) is 0 Å². The maximum absolute atomic E-state index is 4.62. The van der Waals surface area contributed by atoms with Crippen molar-refractivity contribution in [2.45, 2.75) is 6.16 Å². The molecule has 0 aliphatic carbocycles. The third-order valence-electron chi connectivity index (χ3n) is 7.19. The normalized spacial score (nSPS) is 12.9. The standard InChI is InChI=1S/C33H26BrP/c34-35(30-17-4-1-5-18-30,31-19-6-2-7-20-31,32-21-8-3-9-22-32)25-29-16-12-15-28-23-26-13-10-11-14-27(26)24-33(28)29/h1-24H,25H2. The van der Waals surface area contributed by atoms with Crippen LogP contribution >= 0.6 is 20.8 Å². The van der Waals surface area contributed by atoms with Gasteiger partial charge in [-0.1, -0.05) is 0 Å². The molecular formula is C33H26BrP. The Morgan fingerprint density at radius 1 is 0.429 bits per heavy atom. The van der Waals surface area contributed by atoms with Gasteiger partial charge in [0.25, 0.3) is 0 Å². The van der Waals surface area contributed by atoms with E-state index >= 15 is 0 Å². The third-order valence-corrected chi connectivity index (χ3v) is 16.7. The molecule has 6 rings (SSSR count). The minimum absolute atomic E-state index is 0.888. The van der Waals surface area contributed by atoms with Crippen LogP contribution in [0.25, 0.3) is 21.5 Å². The summed E-state index contributed by atoms with van der Waals surface area (Å²) < 4.78 is 0. The topological polar surface area (TPSA) is 0 Å². The van der Waals surface area contributed by atoms with Crippen molar-refractivity contribution in [2.75, 3.05) is 0 Å². The van der Waals surface area contributed by atoms with Gasteiger partial charge in [0.2, 0.25) is 0 Å². The number of halogens is 1. The zero-order chi connectivity index (χ0) is 23.7. The molecule has 2 heteroatoms. The van der Waals surface area contributed by atoms with E-state index in [0.717, 1.165) is 6.16 Å². The van der Waals surface area contributed by atoms with Crippen LogP contribution in [0.3, 0.4) is 0 Å². The Morgan fingerprint density at radius 3 is 1.37 bits per heavy atom. The summed E-state index contributed by atoms with van der Waals surface area (Å²) in [7, 11) is 0. The van der Waals surface area contributed by atoms with Crippen LogP contribution < -0.4 is 15.9 Å². The zero-order valence-corrected chi connectivity index (χ0v) is 21.9. The van der Waals surface area contributed by atoms with Crippen molar-refractivity contribution in [3.05, 3.63) is 151 Å². The Balaban J connectivity index is 1.70. The van der Waals surface area contributed by atoms with Gasteiger partial charge < -0.3 is 0 Å². The molecule has 0 saturated carbocycles. The summed E-state index contributed by atoms with van der Waals surface area (Å²) in [6, 6.07) is 53.2. The van der Waals surface area contributed by atoms with E-state index in [2.05, 4.69) is 161 Å². The Morgan fingerprint density at radius 2 is 0.857 bits per heavy atom. The van der Waals surface area contributed by atoms with Crippen LogP contribution in [0.4, 0.5) is 0 Å². The monoisotopic (exact) mass is 532 g/mol. The van der Waals surface area contributed by atoms with E-state index in [-0.39, 0.29) is 0 Å². The van der Waals surface area contributed by atoms with E-state index in [1.54, 1.807) is 0 Å². The molecule has 0 aliphatic rings. The molecule has 0 nitrogen and oxygen atoms in total. The van der Waals surface area contributed by atoms with Crippen molar-refractivity contribution < 1.29 is 0 Å². The predicted octanol–water partition coefficient (Wildman–Crippen LogP) is 8.33. The van der Waals surface area contributed by atoms with Crippen LogP contribution in [-0.4, -0.2) is 0 Å². The first-order valence-electron chi connectivity index (χ1n) is 12.0. The molecule has 0 saturated heterocycles. The summed E-state index contributed by atoms with van der Waals surface area (Å²) in [5.74, 6) is 0. The van der Waals surface area contributed by atoms with Gasteiger partial charge in [0, 0.05) is 0 Å². The maximum atomic E-state index is 4.62. The second-order valence-electron chi connectivity index (χ2n) is 9.19. The molecule has 0 aliphatic heterocycles. The van der Waals surface area contributed by atoms with Crippen LogP contribution in [0.15, 0.2) is 146 Å². The summed E-state index contributed by atoms with van der Waals surface area (Å²) in [5, 5.41) is 6.13. The summed E-state index contributed by atoms with van der Waals surface area (Å²) in [6.07, 6.45) is 0.888. The molecule has 170 valence electrons. The number of fused-ring (bicyclic) bond motifs is 2. The van der Waals surface area contributed by atoms with Crippen LogP contribution in [-0.2, 0) is 6.16 Å². The summed E-state index contributed by atoms with van der Waals surface area (Å²) >= 11 is 4.62. The summed E-state index contributed by atoms with van der Waals surface area (Å²) in [4.78, 5) is 0. The van der Waals surface area contributed by atoms with Crippen molar-refractivity contribution in [1.29, 1.82) is 0 Å². The van der Waals surface area contributed by atoms with Crippen molar-refractivity contribution in [2.24, 2.45) is 0 Å². The van der Waals surface area contributed by atoms with Crippen molar-refractivity contribution in [1.82, 2.24) is 0 Å². The van der Waals surface area contributed by atoms with Crippen LogP contribution in [0.1, 0.15) is 5.56 Å². The molecule has 0 aromatic heterocycles. The second-order valence-corrected chi connectivity index (χ2v) is 18.1. The van der Waals surface area contributed by atoms with E-state index in [4.69, 9.17) is 0 Å². The van der Waals surface area contributed by atoms with Gasteiger partial charge in [0.05, 0.1) is 0 Å². The quantitative estimate of drug-likeness (QED) is 0.154. The first-order chi connectivity index (χ1) is 17.2. The van der Waals surface area contributed by atoms with Gasteiger partial charge in [-0.3, -0.25) is 0 Å².